The molecule has 1 N–H and O–H groups in total. The van der Waals surface area contributed by atoms with Crippen LogP contribution in [0.25, 0.3) is 22.2 Å². The second-order valence-electron chi connectivity index (χ2n) is 7.93. The molecule has 0 fully saturated rings. The molecule has 1 amide bonds. The summed E-state index contributed by atoms with van der Waals surface area (Å²) in [5.74, 6) is -0.117. The Bertz CT molecular complexity index is 1370. The molecule has 33 heavy (non-hydrogen) atoms. The number of para-hydroxylation sites is 1. The second kappa shape index (κ2) is 9.45. The SMILES string of the molecule is O=C(NC(Cc1ccccc1)c1ccccc1)c1cc(-c2ccncc2)nc2ccccc12. The van der Waals surface area contributed by atoms with Crippen molar-refractivity contribution in [3.63, 3.8) is 0 Å². The predicted octanol–water partition coefficient (Wildman–Crippen LogP) is 6.01. The van der Waals surface area contributed by atoms with Crippen molar-refractivity contribution in [2.45, 2.75) is 12.5 Å². The van der Waals surface area contributed by atoms with Gasteiger partial charge in [-0.3, -0.25) is 9.78 Å². The fourth-order valence-electron chi connectivity index (χ4n) is 4.06. The zero-order valence-electron chi connectivity index (χ0n) is 18.1. The molecule has 0 bridgehead atoms. The summed E-state index contributed by atoms with van der Waals surface area (Å²) in [6.07, 6.45) is 4.17. The third-order valence-corrected chi connectivity index (χ3v) is 5.73. The number of aromatic nitrogens is 2. The zero-order valence-corrected chi connectivity index (χ0v) is 18.1. The monoisotopic (exact) mass is 429 g/mol. The van der Waals surface area contributed by atoms with E-state index in [0.29, 0.717) is 12.0 Å². The maximum atomic E-state index is 13.7. The van der Waals surface area contributed by atoms with Crippen molar-refractivity contribution in [3.05, 3.63) is 132 Å². The third kappa shape index (κ3) is 4.65. The number of fused-ring (bicyclic) bond motifs is 1. The Morgan fingerprint density at radius 1 is 0.788 bits per heavy atom. The minimum Gasteiger partial charge on any atom is -0.345 e. The van der Waals surface area contributed by atoms with Crippen LogP contribution in [0.1, 0.15) is 27.5 Å². The number of carbonyl (C=O) groups is 1. The van der Waals surface area contributed by atoms with Crippen molar-refractivity contribution in [2.24, 2.45) is 0 Å². The lowest BCUT2D eigenvalue weighted by atomic mass is 9.97. The van der Waals surface area contributed by atoms with Crippen LogP contribution in [0, 0.1) is 0 Å². The average molecular weight is 430 g/mol. The van der Waals surface area contributed by atoms with E-state index in [2.05, 4.69) is 34.6 Å². The van der Waals surface area contributed by atoms with Crippen LogP contribution in [0.3, 0.4) is 0 Å². The molecule has 0 aliphatic carbocycles. The van der Waals surface area contributed by atoms with Gasteiger partial charge in [0.25, 0.3) is 5.91 Å². The van der Waals surface area contributed by atoms with Crippen LogP contribution in [-0.4, -0.2) is 15.9 Å². The van der Waals surface area contributed by atoms with E-state index in [0.717, 1.165) is 27.7 Å². The summed E-state index contributed by atoms with van der Waals surface area (Å²) in [5, 5.41) is 4.12. The number of carbonyl (C=O) groups excluding carboxylic acids is 1. The fraction of sp³-hybridized carbons (Fsp3) is 0.0690. The van der Waals surface area contributed by atoms with E-state index >= 15 is 0 Å². The molecule has 0 spiro atoms. The van der Waals surface area contributed by atoms with Crippen LogP contribution < -0.4 is 5.32 Å². The molecule has 1 atom stereocenters. The van der Waals surface area contributed by atoms with Crippen LogP contribution in [0.5, 0.6) is 0 Å². The predicted molar refractivity (Wildman–Crippen MR) is 132 cm³/mol. The Balaban J connectivity index is 1.54. The number of rotatable bonds is 6. The van der Waals surface area contributed by atoms with Crippen LogP contribution in [0.15, 0.2) is 116 Å². The van der Waals surface area contributed by atoms with Gasteiger partial charge in [0, 0.05) is 23.3 Å². The fourth-order valence-corrected chi connectivity index (χ4v) is 4.06. The maximum absolute atomic E-state index is 13.7. The molecule has 160 valence electrons. The second-order valence-corrected chi connectivity index (χ2v) is 7.93. The van der Waals surface area contributed by atoms with Gasteiger partial charge in [-0.2, -0.15) is 0 Å². The minimum atomic E-state index is -0.155. The Labute approximate surface area is 193 Å². The molecule has 5 rings (SSSR count). The smallest absolute Gasteiger partial charge is 0.252 e. The van der Waals surface area contributed by atoms with Gasteiger partial charge in [0.15, 0.2) is 0 Å². The van der Waals surface area contributed by atoms with E-state index < -0.39 is 0 Å². The topological polar surface area (TPSA) is 54.9 Å². The van der Waals surface area contributed by atoms with E-state index in [-0.39, 0.29) is 11.9 Å². The van der Waals surface area contributed by atoms with Crippen molar-refractivity contribution >= 4 is 16.8 Å². The summed E-state index contributed by atoms with van der Waals surface area (Å²) < 4.78 is 0. The molecule has 0 saturated heterocycles. The summed E-state index contributed by atoms with van der Waals surface area (Å²) in [4.78, 5) is 22.5. The summed E-state index contributed by atoms with van der Waals surface area (Å²) in [7, 11) is 0. The van der Waals surface area contributed by atoms with Crippen LogP contribution in [-0.2, 0) is 6.42 Å². The zero-order chi connectivity index (χ0) is 22.5. The molecule has 4 nitrogen and oxygen atoms in total. The number of amides is 1. The van der Waals surface area contributed by atoms with Crippen molar-refractivity contribution in [1.29, 1.82) is 0 Å². The molecule has 0 aliphatic heterocycles. The summed E-state index contributed by atoms with van der Waals surface area (Å²) in [5.41, 5.74) is 5.32. The third-order valence-electron chi connectivity index (χ3n) is 5.73. The number of hydrogen-bond donors (Lipinski definition) is 1. The summed E-state index contributed by atoms with van der Waals surface area (Å²) >= 11 is 0. The van der Waals surface area contributed by atoms with Crippen LogP contribution >= 0.6 is 0 Å². The highest BCUT2D eigenvalue weighted by atomic mass is 16.1. The quantitative estimate of drug-likeness (QED) is 0.360. The van der Waals surface area contributed by atoms with Gasteiger partial charge in [-0.1, -0.05) is 78.9 Å². The molecule has 1 unspecified atom stereocenters. The molecule has 0 aliphatic rings. The highest BCUT2D eigenvalue weighted by Crippen LogP contribution is 2.26. The van der Waals surface area contributed by atoms with Gasteiger partial charge in [0.1, 0.15) is 0 Å². The molecule has 0 radical (unpaired) electrons. The summed E-state index contributed by atoms with van der Waals surface area (Å²) in [6, 6.07) is 33.6. The van der Waals surface area contributed by atoms with Crippen LogP contribution in [0.4, 0.5) is 0 Å². The Kier molecular flexibility index (Phi) is 5.89. The largest absolute Gasteiger partial charge is 0.345 e. The highest BCUT2D eigenvalue weighted by Gasteiger charge is 2.19. The molecular formula is C29H23N3O. The minimum absolute atomic E-state index is 0.117. The molecule has 0 saturated carbocycles. The van der Waals surface area contributed by atoms with E-state index in [1.807, 2.05) is 78.9 Å². The average Bonchev–Trinajstić information content (AvgIpc) is 2.89. The van der Waals surface area contributed by atoms with Crippen molar-refractivity contribution in [3.8, 4) is 11.3 Å². The van der Waals surface area contributed by atoms with Gasteiger partial charge in [-0.05, 0) is 41.8 Å². The van der Waals surface area contributed by atoms with Gasteiger partial charge in [0.05, 0.1) is 22.8 Å². The van der Waals surface area contributed by atoms with Gasteiger partial charge >= 0.3 is 0 Å². The molecule has 3 aromatic carbocycles. The number of nitrogens with one attached hydrogen (secondary N) is 1. The molecule has 2 aromatic heterocycles. The van der Waals surface area contributed by atoms with E-state index in [4.69, 9.17) is 4.98 Å². The molecular weight excluding hydrogens is 406 g/mol. The first-order chi connectivity index (χ1) is 16.3. The number of hydrogen-bond acceptors (Lipinski definition) is 3. The number of nitrogens with zero attached hydrogens (tertiary/aromatic N) is 2. The van der Waals surface area contributed by atoms with Crippen LogP contribution in [0.2, 0.25) is 0 Å². The summed E-state index contributed by atoms with van der Waals surface area (Å²) in [6.45, 7) is 0. The Morgan fingerprint density at radius 2 is 1.45 bits per heavy atom. The van der Waals surface area contributed by atoms with Crippen molar-refractivity contribution in [1.82, 2.24) is 15.3 Å². The first-order valence-electron chi connectivity index (χ1n) is 11.0. The number of pyridine rings is 2. The Morgan fingerprint density at radius 3 is 2.21 bits per heavy atom. The molecule has 2 heterocycles. The molecule has 5 aromatic rings. The lowest BCUT2D eigenvalue weighted by Gasteiger charge is -2.20. The van der Waals surface area contributed by atoms with Crippen molar-refractivity contribution < 1.29 is 4.79 Å². The van der Waals surface area contributed by atoms with Gasteiger partial charge in [-0.25, -0.2) is 4.98 Å². The van der Waals surface area contributed by atoms with Crippen molar-refractivity contribution in [2.75, 3.05) is 0 Å². The lowest BCUT2D eigenvalue weighted by Crippen LogP contribution is -2.30. The van der Waals surface area contributed by atoms with E-state index in [1.165, 1.54) is 5.56 Å². The maximum Gasteiger partial charge on any atom is 0.252 e. The van der Waals surface area contributed by atoms with Gasteiger partial charge < -0.3 is 5.32 Å². The van der Waals surface area contributed by atoms with E-state index in [9.17, 15) is 4.79 Å². The van der Waals surface area contributed by atoms with E-state index in [1.54, 1.807) is 12.4 Å². The Hall–Kier alpha value is -4.31. The van der Waals surface area contributed by atoms with Gasteiger partial charge in [-0.15, -0.1) is 0 Å². The highest BCUT2D eigenvalue weighted by molar-refractivity contribution is 6.07. The normalized spacial score (nSPS) is 11.8. The lowest BCUT2D eigenvalue weighted by molar-refractivity contribution is 0.0938. The molecule has 4 heteroatoms. The van der Waals surface area contributed by atoms with Gasteiger partial charge in [0.2, 0.25) is 0 Å². The standard InChI is InChI=1S/C29H23N3O/c33-29(32-27(22-11-5-2-6-12-22)19-21-9-3-1-4-10-21)25-20-28(23-15-17-30-18-16-23)31-26-14-8-7-13-24(25)26/h1-18,20,27H,19H2,(H,32,33). The first-order valence-corrected chi connectivity index (χ1v) is 11.0. The number of benzene rings is 3. The first kappa shape index (κ1) is 20.6.